The molecule has 0 heterocycles. The number of nitrogens with one attached hydrogen (secondary N) is 1. The van der Waals surface area contributed by atoms with Gasteiger partial charge in [0.25, 0.3) is 15.9 Å². The fourth-order valence-electron chi connectivity index (χ4n) is 2.82. The summed E-state index contributed by atoms with van der Waals surface area (Å²) in [5.41, 5.74) is 4.54. The molecule has 1 amide bonds. The van der Waals surface area contributed by atoms with Gasteiger partial charge in [0.1, 0.15) is 6.54 Å². The van der Waals surface area contributed by atoms with Crippen molar-refractivity contribution in [2.45, 2.75) is 16.7 Å². The molecule has 3 aromatic rings. The van der Waals surface area contributed by atoms with Gasteiger partial charge in [-0.25, -0.2) is 13.8 Å². The van der Waals surface area contributed by atoms with Crippen LogP contribution < -0.4 is 9.73 Å². The molecule has 0 radical (unpaired) electrons. The number of sulfonamides is 1. The highest BCUT2D eigenvalue weighted by Crippen LogP contribution is 2.26. The molecule has 0 aromatic heterocycles. The highest BCUT2D eigenvalue weighted by Gasteiger charge is 2.27. The Bertz CT molecular complexity index is 1210. The van der Waals surface area contributed by atoms with E-state index in [0.29, 0.717) is 10.2 Å². The summed E-state index contributed by atoms with van der Waals surface area (Å²) in [6.45, 7) is 1.46. The Labute approximate surface area is 200 Å². The molecule has 0 bridgehead atoms. The summed E-state index contributed by atoms with van der Waals surface area (Å²) in [4.78, 5) is 13.8. The van der Waals surface area contributed by atoms with E-state index in [1.807, 2.05) is 37.4 Å². The number of thioether (sulfide) groups is 1. The lowest BCUT2D eigenvalue weighted by molar-refractivity contribution is -0.119. The molecule has 0 aliphatic heterocycles. The quantitative estimate of drug-likeness (QED) is 0.256. The molecule has 0 aliphatic carbocycles. The molecule has 0 fully saturated rings. The van der Waals surface area contributed by atoms with Crippen LogP contribution in [0.1, 0.15) is 11.1 Å². The van der Waals surface area contributed by atoms with E-state index in [9.17, 15) is 13.2 Å². The van der Waals surface area contributed by atoms with Crippen LogP contribution in [-0.2, 0) is 14.8 Å². The van der Waals surface area contributed by atoms with Gasteiger partial charge in [0, 0.05) is 9.37 Å². The molecule has 0 saturated carbocycles. The van der Waals surface area contributed by atoms with E-state index in [1.165, 1.54) is 18.3 Å². The Balaban J connectivity index is 1.81. The Morgan fingerprint density at radius 1 is 1.09 bits per heavy atom. The number of anilines is 1. The minimum atomic E-state index is -3.97. The van der Waals surface area contributed by atoms with Crippen molar-refractivity contribution in [1.82, 2.24) is 5.43 Å². The lowest BCUT2D eigenvalue weighted by Gasteiger charge is -2.24. The minimum absolute atomic E-state index is 0.105. The van der Waals surface area contributed by atoms with Crippen molar-refractivity contribution in [1.29, 1.82) is 0 Å². The van der Waals surface area contributed by atoms with E-state index in [4.69, 9.17) is 0 Å². The van der Waals surface area contributed by atoms with E-state index < -0.39 is 22.5 Å². The molecule has 3 rings (SSSR count). The van der Waals surface area contributed by atoms with Crippen molar-refractivity contribution in [3.8, 4) is 0 Å². The largest absolute Gasteiger partial charge is 0.271 e. The first kappa shape index (κ1) is 24.0. The number of aryl methyl sites for hydroxylation is 1. The van der Waals surface area contributed by atoms with Crippen LogP contribution in [-0.4, -0.2) is 33.3 Å². The van der Waals surface area contributed by atoms with Crippen LogP contribution in [0.15, 0.2) is 92.2 Å². The second kappa shape index (κ2) is 10.8. The first-order valence-corrected chi connectivity index (χ1v) is 13.1. The number of carbonyl (C=O) groups excluding carboxylic acids is 1. The number of benzene rings is 3. The monoisotopic (exact) mass is 531 g/mol. The van der Waals surface area contributed by atoms with Crippen molar-refractivity contribution in [2.24, 2.45) is 5.10 Å². The SMILES string of the molecule is CSc1ccc(/C=N\NC(=O)CN(c2cccc(Br)c2)S(=O)(=O)c2ccc(C)cc2)cc1. The molecule has 0 atom stereocenters. The third kappa shape index (κ3) is 6.21. The first-order valence-electron chi connectivity index (χ1n) is 9.60. The normalized spacial score (nSPS) is 11.5. The molecule has 9 heteroatoms. The van der Waals surface area contributed by atoms with Gasteiger partial charge in [-0.1, -0.05) is 51.8 Å². The van der Waals surface area contributed by atoms with Crippen molar-refractivity contribution in [3.63, 3.8) is 0 Å². The number of amides is 1. The number of halogens is 1. The summed E-state index contributed by atoms with van der Waals surface area (Å²) in [6, 6.07) is 21.0. The van der Waals surface area contributed by atoms with Crippen LogP contribution >= 0.6 is 27.7 Å². The maximum atomic E-state index is 13.3. The summed E-state index contributed by atoms with van der Waals surface area (Å²) < 4.78 is 28.4. The van der Waals surface area contributed by atoms with E-state index in [0.717, 1.165) is 20.3 Å². The van der Waals surface area contributed by atoms with Gasteiger partial charge in [-0.3, -0.25) is 9.10 Å². The van der Waals surface area contributed by atoms with Gasteiger partial charge in [0.2, 0.25) is 0 Å². The molecular weight excluding hydrogens is 510 g/mol. The molecule has 0 aliphatic rings. The number of hydrogen-bond acceptors (Lipinski definition) is 5. The first-order chi connectivity index (χ1) is 15.3. The van der Waals surface area contributed by atoms with E-state index in [1.54, 1.807) is 48.2 Å². The van der Waals surface area contributed by atoms with Crippen LogP contribution in [0, 0.1) is 6.92 Å². The number of rotatable bonds is 8. The summed E-state index contributed by atoms with van der Waals surface area (Å²) in [5.74, 6) is -0.558. The predicted octanol–water partition coefficient (Wildman–Crippen LogP) is 4.83. The molecular formula is C23H22BrN3O3S2. The molecule has 0 saturated heterocycles. The second-order valence-electron chi connectivity index (χ2n) is 6.87. The molecule has 0 spiro atoms. The summed E-state index contributed by atoms with van der Waals surface area (Å²) in [5, 5.41) is 3.97. The van der Waals surface area contributed by atoms with Crippen LogP contribution in [0.3, 0.4) is 0 Å². The average Bonchev–Trinajstić information content (AvgIpc) is 2.78. The van der Waals surface area contributed by atoms with Crippen LogP contribution in [0.5, 0.6) is 0 Å². The lowest BCUT2D eigenvalue weighted by Crippen LogP contribution is -2.39. The van der Waals surface area contributed by atoms with Gasteiger partial charge in [-0.05, 0) is 61.2 Å². The summed E-state index contributed by atoms with van der Waals surface area (Å²) in [6.07, 6.45) is 3.50. The van der Waals surface area contributed by atoms with Crippen LogP contribution in [0.25, 0.3) is 0 Å². The Morgan fingerprint density at radius 2 is 1.78 bits per heavy atom. The second-order valence-corrected chi connectivity index (χ2v) is 10.5. The molecule has 1 N–H and O–H groups in total. The third-order valence-corrected chi connectivity index (χ3v) is 7.54. The Hall–Kier alpha value is -2.62. The van der Waals surface area contributed by atoms with Crippen LogP contribution in [0.2, 0.25) is 0 Å². The fourth-order valence-corrected chi connectivity index (χ4v) is 5.03. The predicted molar refractivity (Wildman–Crippen MR) is 134 cm³/mol. The highest BCUT2D eigenvalue weighted by atomic mass is 79.9. The molecule has 3 aromatic carbocycles. The zero-order valence-electron chi connectivity index (χ0n) is 17.5. The third-order valence-electron chi connectivity index (χ3n) is 4.51. The average molecular weight is 532 g/mol. The standard InChI is InChI=1S/C23H22BrN3O3S2/c1-17-6-12-22(13-7-17)32(29,30)27(20-5-3-4-19(24)14-20)16-23(28)26-25-15-18-8-10-21(31-2)11-9-18/h3-15H,16H2,1-2H3,(H,26,28)/b25-15-. The van der Waals surface area contributed by atoms with Crippen molar-refractivity contribution >= 4 is 55.5 Å². The maximum Gasteiger partial charge on any atom is 0.264 e. The summed E-state index contributed by atoms with van der Waals surface area (Å²) >= 11 is 4.99. The van der Waals surface area contributed by atoms with Gasteiger partial charge >= 0.3 is 0 Å². The smallest absolute Gasteiger partial charge is 0.264 e. The van der Waals surface area contributed by atoms with E-state index in [2.05, 4.69) is 26.5 Å². The highest BCUT2D eigenvalue weighted by molar-refractivity contribution is 9.10. The Morgan fingerprint density at radius 3 is 2.41 bits per heavy atom. The lowest BCUT2D eigenvalue weighted by atomic mass is 10.2. The number of nitrogens with zero attached hydrogens (tertiary/aromatic N) is 2. The topological polar surface area (TPSA) is 78.8 Å². The molecule has 6 nitrogen and oxygen atoms in total. The summed E-state index contributed by atoms with van der Waals surface area (Å²) in [7, 11) is -3.97. The van der Waals surface area contributed by atoms with E-state index in [-0.39, 0.29) is 4.90 Å². The fraction of sp³-hybridized carbons (Fsp3) is 0.130. The number of hydrazone groups is 1. The van der Waals surface area contributed by atoms with Crippen molar-refractivity contribution < 1.29 is 13.2 Å². The molecule has 0 unspecified atom stereocenters. The molecule has 32 heavy (non-hydrogen) atoms. The minimum Gasteiger partial charge on any atom is -0.271 e. The van der Waals surface area contributed by atoms with Gasteiger partial charge < -0.3 is 0 Å². The van der Waals surface area contributed by atoms with Crippen LogP contribution in [0.4, 0.5) is 5.69 Å². The number of carbonyl (C=O) groups is 1. The zero-order valence-corrected chi connectivity index (χ0v) is 20.7. The van der Waals surface area contributed by atoms with Gasteiger partial charge in [-0.15, -0.1) is 11.8 Å². The number of hydrogen-bond donors (Lipinski definition) is 1. The van der Waals surface area contributed by atoms with Gasteiger partial charge in [0.05, 0.1) is 16.8 Å². The Kier molecular flexibility index (Phi) is 8.11. The van der Waals surface area contributed by atoms with E-state index >= 15 is 0 Å². The van der Waals surface area contributed by atoms with Gasteiger partial charge in [0.15, 0.2) is 0 Å². The van der Waals surface area contributed by atoms with Crippen molar-refractivity contribution in [2.75, 3.05) is 17.1 Å². The van der Waals surface area contributed by atoms with Crippen molar-refractivity contribution in [3.05, 3.63) is 88.4 Å². The van der Waals surface area contributed by atoms with Gasteiger partial charge in [-0.2, -0.15) is 5.10 Å². The molecule has 166 valence electrons. The zero-order chi connectivity index (χ0) is 23.1. The maximum absolute atomic E-state index is 13.3.